The van der Waals surface area contributed by atoms with Crippen molar-refractivity contribution in [3.63, 3.8) is 0 Å². The van der Waals surface area contributed by atoms with Gasteiger partial charge in [-0.1, -0.05) is 11.6 Å². The highest BCUT2D eigenvalue weighted by atomic mass is 35.5. The van der Waals surface area contributed by atoms with Crippen LogP contribution in [0.3, 0.4) is 0 Å². The third-order valence-electron chi connectivity index (χ3n) is 1.76. The number of nitrogens with one attached hydrogen (secondary N) is 1. The molecule has 0 saturated carbocycles. The lowest BCUT2D eigenvalue weighted by Crippen LogP contribution is -2.29. The normalized spacial score (nSPS) is 11.1. The van der Waals surface area contributed by atoms with E-state index in [9.17, 15) is 0 Å². The number of thiophene rings is 1. The Bertz CT molecular complexity index is 263. The summed E-state index contributed by atoms with van der Waals surface area (Å²) in [6, 6.07) is 1.95. The van der Waals surface area contributed by atoms with Crippen LogP contribution in [0.15, 0.2) is 11.4 Å². The van der Waals surface area contributed by atoms with Crippen molar-refractivity contribution >= 4 is 22.9 Å². The van der Waals surface area contributed by atoms with Crippen molar-refractivity contribution < 1.29 is 9.47 Å². The Balaban J connectivity index is 2.21. The van der Waals surface area contributed by atoms with E-state index >= 15 is 0 Å². The van der Waals surface area contributed by atoms with Crippen molar-refractivity contribution in [2.75, 3.05) is 20.8 Å². The SMILES string of the molecule is COC(CNCc1cc(Cl)cs1)OC. The summed E-state index contributed by atoms with van der Waals surface area (Å²) in [5.74, 6) is 0. The van der Waals surface area contributed by atoms with Gasteiger partial charge in [0, 0.05) is 37.6 Å². The Kier molecular flexibility index (Phi) is 5.44. The molecule has 0 aliphatic rings. The minimum atomic E-state index is -0.189. The molecule has 0 aliphatic heterocycles. The number of hydrogen-bond acceptors (Lipinski definition) is 4. The molecule has 0 spiro atoms. The lowest BCUT2D eigenvalue weighted by molar-refractivity contribution is -0.0988. The van der Waals surface area contributed by atoms with E-state index in [1.807, 2.05) is 11.4 Å². The third kappa shape index (κ3) is 3.94. The molecule has 0 atom stereocenters. The van der Waals surface area contributed by atoms with Crippen LogP contribution in [0.1, 0.15) is 4.88 Å². The predicted molar refractivity (Wildman–Crippen MR) is 58.8 cm³/mol. The molecule has 14 heavy (non-hydrogen) atoms. The fourth-order valence-corrected chi connectivity index (χ4v) is 2.07. The smallest absolute Gasteiger partial charge is 0.169 e. The first-order valence-electron chi connectivity index (χ1n) is 4.25. The van der Waals surface area contributed by atoms with Gasteiger partial charge in [-0.3, -0.25) is 0 Å². The summed E-state index contributed by atoms with van der Waals surface area (Å²) >= 11 is 7.43. The van der Waals surface area contributed by atoms with Gasteiger partial charge in [0.25, 0.3) is 0 Å². The van der Waals surface area contributed by atoms with Crippen molar-refractivity contribution in [2.24, 2.45) is 0 Å². The lowest BCUT2D eigenvalue weighted by atomic mass is 10.4. The van der Waals surface area contributed by atoms with Gasteiger partial charge >= 0.3 is 0 Å². The van der Waals surface area contributed by atoms with Crippen LogP contribution in [0, 0.1) is 0 Å². The summed E-state index contributed by atoms with van der Waals surface area (Å²) in [5.41, 5.74) is 0. The zero-order valence-electron chi connectivity index (χ0n) is 8.25. The molecule has 3 nitrogen and oxygen atoms in total. The van der Waals surface area contributed by atoms with E-state index in [0.717, 1.165) is 11.6 Å². The maximum Gasteiger partial charge on any atom is 0.169 e. The lowest BCUT2D eigenvalue weighted by Gasteiger charge is -2.13. The van der Waals surface area contributed by atoms with Crippen LogP contribution in [0.25, 0.3) is 0 Å². The van der Waals surface area contributed by atoms with Crippen LogP contribution in [0.2, 0.25) is 5.02 Å². The molecule has 5 heteroatoms. The molecular weight excluding hydrogens is 222 g/mol. The molecule has 0 radical (unpaired) electrons. The van der Waals surface area contributed by atoms with Gasteiger partial charge in [-0.2, -0.15) is 0 Å². The second kappa shape index (κ2) is 6.37. The van der Waals surface area contributed by atoms with Crippen molar-refractivity contribution in [3.05, 3.63) is 21.3 Å². The Morgan fingerprint density at radius 3 is 2.71 bits per heavy atom. The van der Waals surface area contributed by atoms with Crippen molar-refractivity contribution in [1.29, 1.82) is 0 Å². The summed E-state index contributed by atoms with van der Waals surface area (Å²) < 4.78 is 10.1. The maximum absolute atomic E-state index is 5.79. The van der Waals surface area contributed by atoms with E-state index in [1.165, 1.54) is 4.88 Å². The fourth-order valence-electron chi connectivity index (χ4n) is 1.02. The summed E-state index contributed by atoms with van der Waals surface area (Å²) in [5, 5.41) is 5.93. The van der Waals surface area contributed by atoms with Gasteiger partial charge in [0.1, 0.15) is 0 Å². The summed E-state index contributed by atoms with van der Waals surface area (Å²) in [7, 11) is 3.25. The van der Waals surface area contributed by atoms with Crippen LogP contribution < -0.4 is 5.32 Å². The molecule has 0 aromatic carbocycles. The van der Waals surface area contributed by atoms with Gasteiger partial charge in [-0.15, -0.1) is 11.3 Å². The van der Waals surface area contributed by atoms with E-state index in [-0.39, 0.29) is 6.29 Å². The number of methoxy groups -OCH3 is 2. The van der Waals surface area contributed by atoms with Gasteiger partial charge in [0.2, 0.25) is 0 Å². The van der Waals surface area contributed by atoms with Crippen LogP contribution >= 0.6 is 22.9 Å². The van der Waals surface area contributed by atoms with Gasteiger partial charge < -0.3 is 14.8 Å². The molecule has 0 saturated heterocycles. The van der Waals surface area contributed by atoms with Crippen molar-refractivity contribution in [3.8, 4) is 0 Å². The fraction of sp³-hybridized carbons (Fsp3) is 0.556. The highest BCUT2D eigenvalue weighted by Crippen LogP contribution is 2.18. The van der Waals surface area contributed by atoms with E-state index in [0.29, 0.717) is 6.54 Å². The molecule has 1 aromatic rings. The highest BCUT2D eigenvalue weighted by molar-refractivity contribution is 7.10. The largest absolute Gasteiger partial charge is 0.355 e. The van der Waals surface area contributed by atoms with E-state index < -0.39 is 0 Å². The minimum absolute atomic E-state index is 0.189. The monoisotopic (exact) mass is 235 g/mol. The second-order valence-electron chi connectivity index (χ2n) is 2.76. The molecule has 80 valence electrons. The minimum Gasteiger partial charge on any atom is -0.355 e. The molecule has 1 N–H and O–H groups in total. The number of ether oxygens (including phenoxy) is 2. The standard InChI is InChI=1S/C9H14ClNO2S/c1-12-9(13-2)5-11-4-8-3-7(10)6-14-8/h3,6,9,11H,4-5H2,1-2H3. The molecule has 1 aromatic heterocycles. The first kappa shape index (κ1) is 11.9. The van der Waals surface area contributed by atoms with Gasteiger partial charge in [0.15, 0.2) is 6.29 Å². The van der Waals surface area contributed by atoms with Crippen molar-refractivity contribution in [1.82, 2.24) is 5.32 Å². The van der Waals surface area contributed by atoms with E-state index in [4.69, 9.17) is 21.1 Å². The van der Waals surface area contributed by atoms with E-state index in [1.54, 1.807) is 25.6 Å². The number of halogens is 1. The number of hydrogen-bond donors (Lipinski definition) is 1. The molecular formula is C9H14ClNO2S. The second-order valence-corrected chi connectivity index (χ2v) is 4.20. The quantitative estimate of drug-likeness (QED) is 0.767. The van der Waals surface area contributed by atoms with Gasteiger partial charge in [-0.05, 0) is 6.07 Å². The maximum atomic E-state index is 5.79. The van der Waals surface area contributed by atoms with Crippen LogP contribution in [-0.2, 0) is 16.0 Å². The van der Waals surface area contributed by atoms with Crippen molar-refractivity contribution in [2.45, 2.75) is 12.8 Å². The predicted octanol–water partition coefficient (Wildman–Crippen LogP) is 2.11. The zero-order valence-corrected chi connectivity index (χ0v) is 9.82. The number of rotatable bonds is 6. The summed E-state index contributed by atoms with van der Waals surface area (Å²) in [4.78, 5) is 1.21. The molecule has 0 aliphatic carbocycles. The van der Waals surface area contributed by atoms with E-state index in [2.05, 4.69) is 5.32 Å². The van der Waals surface area contributed by atoms with Gasteiger partial charge in [-0.25, -0.2) is 0 Å². The topological polar surface area (TPSA) is 30.5 Å². The Morgan fingerprint density at radius 2 is 2.21 bits per heavy atom. The molecule has 0 fully saturated rings. The molecule has 0 bridgehead atoms. The summed E-state index contributed by atoms with van der Waals surface area (Å²) in [6.45, 7) is 1.46. The third-order valence-corrected chi connectivity index (χ3v) is 3.04. The van der Waals surface area contributed by atoms with Crippen LogP contribution in [0.4, 0.5) is 0 Å². The Labute approximate surface area is 93.0 Å². The Morgan fingerprint density at radius 1 is 1.50 bits per heavy atom. The molecule has 1 rings (SSSR count). The first-order valence-corrected chi connectivity index (χ1v) is 5.51. The Hall–Kier alpha value is -0.130. The summed E-state index contributed by atoms with van der Waals surface area (Å²) in [6.07, 6.45) is -0.189. The van der Waals surface area contributed by atoms with Crippen LogP contribution in [-0.4, -0.2) is 27.1 Å². The molecule has 1 heterocycles. The average molecular weight is 236 g/mol. The zero-order chi connectivity index (χ0) is 10.4. The molecule has 0 unspecified atom stereocenters. The first-order chi connectivity index (χ1) is 6.76. The molecule has 0 amide bonds. The highest BCUT2D eigenvalue weighted by Gasteiger charge is 2.04. The van der Waals surface area contributed by atoms with Gasteiger partial charge in [0.05, 0.1) is 5.02 Å². The van der Waals surface area contributed by atoms with Crippen LogP contribution in [0.5, 0.6) is 0 Å². The average Bonchev–Trinajstić information content (AvgIpc) is 2.59.